The average molecular weight is 415 g/mol. The molecule has 0 atom stereocenters. The van der Waals surface area contributed by atoms with E-state index in [0.717, 1.165) is 17.7 Å². The molecule has 4 rings (SSSR count). The van der Waals surface area contributed by atoms with Crippen molar-refractivity contribution in [3.8, 4) is 0 Å². The van der Waals surface area contributed by atoms with Crippen molar-refractivity contribution in [3.63, 3.8) is 0 Å². The Hall–Kier alpha value is -2.71. The summed E-state index contributed by atoms with van der Waals surface area (Å²) in [4.78, 5) is 18.7. The molecule has 8 heteroatoms. The predicted octanol–water partition coefficient (Wildman–Crippen LogP) is 3.38. The molecule has 0 unspecified atom stereocenters. The average Bonchev–Trinajstić information content (AvgIpc) is 3.33. The van der Waals surface area contributed by atoms with Crippen LogP contribution in [-0.2, 0) is 24.4 Å². The molecule has 1 aliphatic rings. The summed E-state index contributed by atoms with van der Waals surface area (Å²) in [5.41, 5.74) is 2.38. The van der Waals surface area contributed by atoms with Crippen LogP contribution in [0.2, 0.25) is 0 Å². The Balaban J connectivity index is 1.51. The summed E-state index contributed by atoms with van der Waals surface area (Å²) in [6, 6.07) is 11.5. The summed E-state index contributed by atoms with van der Waals surface area (Å²) in [6.45, 7) is 0.198. The van der Waals surface area contributed by atoms with Gasteiger partial charge >= 0.3 is 0 Å². The topological polar surface area (TPSA) is 58.4 Å². The number of rotatable bonds is 6. The van der Waals surface area contributed by atoms with Crippen LogP contribution in [0.3, 0.4) is 0 Å². The Kier molecular flexibility index (Phi) is 5.64. The Morgan fingerprint density at radius 2 is 1.90 bits per heavy atom. The molecule has 150 valence electrons. The second-order valence-electron chi connectivity index (χ2n) is 6.69. The number of para-hydroxylation sites is 1. The van der Waals surface area contributed by atoms with E-state index >= 15 is 0 Å². The number of anilines is 1. The standard InChI is InChI=1S/C21H19F2N3O2S/c22-17-5-3-6-18(23)16(17)11-26-15(12-27)10-24-21(26)29-13-20(28)25-9-8-14-4-1-2-7-19(14)25/h1-7,10,27H,8-9,11-13H2. The number of carbonyl (C=O) groups excluding carboxylic acids is 1. The second kappa shape index (κ2) is 8.34. The molecular weight excluding hydrogens is 396 g/mol. The van der Waals surface area contributed by atoms with Crippen molar-refractivity contribution in [3.05, 3.63) is 77.1 Å². The number of hydrogen-bond acceptors (Lipinski definition) is 4. The van der Waals surface area contributed by atoms with Gasteiger partial charge in [0.15, 0.2) is 5.16 Å². The van der Waals surface area contributed by atoms with Gasteiger partial charge in [-0.3, -0.25) is 4.79 Å². The van der Waals surface area contributed by atoms with Crippen LogP contribution in [0.4, 0.5) is 14.5 Å². The maximum Gasteiger partial charge on any atom is 0.237 e. The highest BCUT2D eigenvalue weighted by molar-refractivity contribution is 7.99. The number of aromatic nitrogens is 2. The Bertz CT molecular complexity index is 1030. The predicted molar refractivity (Wildman–Crippen MR) is 107 cm³/mol. The van der Waals surface area contributed by atoms with Gasteiger partial charge < -0.3 is 14.6 Å². The quantitative estimate of drug-likeness (QED) is 0.627. The van der Waals surface area contributed by atoms with Gasteiger partial charge in [-0.15, -0.1) is 0 Å². The number of nitrogens with zero attached hydrogens (tertiary/aromatic N) is 3. The molecule has 3 aromatic rings. The zero-order valence-electron chi connectivity index (χ0n) is 15.5. The molecule has 1 aromatic heterocycles. The van der Waals surface area contributed by atoms with Crippen LogP contribution in [0.1, 0.15) is 16.8 Å². The van der Waals surface area contributed by atoms with Crippen molar-refractivity contribution in [2.75, 3.05) is 17.2 Å². The van der Waals surface area contributed by atoms with Gasteiger partial charge in [0, 0.05) is 17.8 Å². The number of carbonyl (C=O) groups is 1. The maximum atomic E-state index is 14.1. The number of fused-ring (bicyclic) bond motifs is 1. The minimum atomic E-state index is -0.664. The fourth-order valence-electron chi connectivity index (χ4n) is 3.45. The zero-order chi connectivity index (χ0) is 20.4. The monoisotopic (exact) mass is 415 g/mol. The van der Waals surface area contributed by atoms with Crippen molar-refractivity contribution in [2.45, 2.75) is 24.7 Å². The highest BCUT2D eigenvalue weighted by Gasteiger charge is 2.25. The summed E-state index contributed by atoms with van der Waals surface area (Å²) in [5.74, 6) is -1.25. The number of benzene rings is 2. The lowest BCUT2D eigenvalue weighted by Crippen LogP contribution is -2.30. The van der Waals surface area contributed by atoms with E-state index in [9.17, 15) is 18.7 Å². The van der Waals surface area contributed by atoms with Crippen molar-refractivity contribution in [1.29, 1.82) is 0 Å². The summed E-state index contributed by atoms with van der Waals surface area (Å²) < 4.78 is 29.7. The van der Waals surface area contributed by atoms with Gasteiger partial charge in [-0.25, -0.2) is 13.8 Å². The second-order valence-corrected chi connectivity index (χ2v) is 7.63. The molecule has 0 saturated carbocycles. The van der Waals surface area contributed by atoms with Gasteiger partial charge in [0.05, 0.1) is 30.8 Å². The van der Waals surface area contributed by atoms with E-state index < -0.39 is 11.6 Å². The third kappa shape index (κ3) is 3.90. The van der Waals surface area contributed by atoms with E-state index in [0.29, 0.717) is 17.4 Å². The summed E-state index contributed by atoms with van der Waals surface area (Å²) in [5, 5.41) is 10.0. The molecule has 1 amide bonds. The molecule has 29 heavy (non-hydrogen) atoms. The lowest BCUT2D eigenvalue weighted by Gasteiger charge is -2.17. The number of halogens is 2. The lowest BCUT2D eigenvalue weighted by atomic mass is 10.2. The van der Waals surface area contributed by atoms with Crippen LogP contribution in [0.25, 0.3) is 0 Å². The minimum Gasteiger partial charge on any atom is -0.390 e. The summed E-state index contributed by atoms with van der Waals surface area (Å²) in [6.07, 6.45) is 2.28. The van der Waals surface area contributed by atoms with Crippen LogP contribution in [0.15, 0.2) is 53.8 Å². The number of hydrogen-bond donors (Lipinski definition) is 1. The maximum absolute atomic E-state index is 14.1. The fourth-order valence-corrected chi connectivity index (χ4v) is 4.32. The lowest BCUT2D eigenvalue weighted by molar-refractivity contribution is -0.116. The molecule has 0 bridgehead atoms. The molecule has 0 saturated heterocycles. The van der Waals surface area contributed by atoms with E-state index in [2.05, 4.69) is 4.98 Å². The molecule has 2 aromatic carbocycles. The van der Waals surface area contributed by atoms with Crippen LogP contribution in [0, 0.1) is 11.6 Å². The van der Waals surface area contributed by atoms with E-state index in [4.69, 9.17) is 0 Å². The van der Waals surface area contributed by atoms with Crippen LogP contribution >= 0.6 is 11.8 Å². The number of thioether (sulfide) groups is 1. The normalized spacial score (nSPS) is 13.0. The first-order valence-corrected chi connectivity index (χ1v) is 10.2. The molecule has 0 aliphatic carbocycles. The number of aliphatic hydroxyl groups excluding tert-OH is 1. The number of aliphatic hydroxyl groups is 1. The Labute approximate surface area is 171 Å². The fraction of sp³-hybridized carbons (Fsp3) is 0.238. The van der Waals surface area contributed by atoms with E-state index in [-0.39, 0.29) is 30.4 Å². The smallest absolute Gasteiger partial charge is 0.237 e. The van der Waals surface area contributed by atoms with Crippen LogP contribution in [0.5, 0.6) is 0 Å². The summed E-state index contributed by atoms with van der Waals surface area (Å²) in [7, 11) is 0. The number of amides is 1. The van der Waals surface area contributed by atoms with Crippen LogP contribution in [-0.4, -0.2) is 32.9 Å². The van der Waals surface area contributed by atoms with Gasteiger partial charge in [0.25, 0.3) is 0 Å². The minimum absolute atomic E-state index is 0.0582. The molecule has 1 aliphatic heterocycles. The zero-order valence-corrected chi connectivity index (χ0v) is 16.3. The molecule has 0 radical (unpaired) electrons. The number of imidazole rings is 1. The molecule has 1 N–H and O–H groups in total. The molecular formula is C21H19F2N3O2S. The van der Waals surface area contributed by atoms with E-state index in [1.54, 1.807) is 4.90 Å². The molecule has 2 heterocycles. The summed E-state index contributed by atoms with van der Waals surface area (Å²) >= 11 is 1.19. The first-order chi connectivity index (χ1) is 14.1. The highest BCUT2D eigenvalue weighted by atomic mass is 32.2. The van der Waals surface area contributed by atoms with Gasteiger partial charge in [0.1, 0.15) is 11.6 Å². The van der Waals surface area contributed by atoms with Crippen LogP contribution < -0.4 is 4.90 Å². The largest absolute Gasteiger partial charge is 0.390 e. The van der Waals surface area contributed by atoms with Crippen molar-refractivity contribution < 1.29 is 18.7 Å². The SMILES string of the molecule is O=C(CSc1ncc(CO)n1Cc1c(F)cccc1F)N1CCc2ccccc21. The third-order valence-corrected chi connectivity index (χ3v) is 5.93. The molecule has 0 fully saturated rings. The van der Waals surface area contributed by atoms with Crippen molar-refractivity contribution >= 4 is 23.4 Å². The first-order valence-electron chi connectivity index (χ1n) is 9.17. The third-order valence-electron chi connectivity index (χ3n) is 4.95. The van der Waals surface area contributed by atoms with Gasteiger partial charge in [-0.1, -0.05) is 36.0 Å². The Morgan fingerprint density at radius 1 is 1.14 bits per heavy atom. The van der Waals surface area contributed by atoms with E-state index in [1.165, 1.54) is 40.7 Å². The van der Waals surface area contributed by atoms with Gasteiger partial charge in [-0.05, 0) is 30.2 Å². The van der Waals surface area contributed by atoms with Crippen molar-refractivity contribution in [1.82, 2.24) is 9.55 Å². The van der Waals surface area contributed by atoms with E-state index in [1.807, 2.05) is 24.3 Å². The molecule has 0 spiro atoms. The first kappa shape index (κ1) is 19.6. The Morgan fingerprint density at radius 3 is 2.66 bits per heavy atom. The van der Waals surface area contributed by atoms with Gasteiger partial charge in [-0.2, -0.15) is 0 Å². The van der Waals surface area contributed by atoms with Gasteiger partial charge in [0.2, 0.25) is 5.91 Å². The highest BCUT2D eigenvalue weighted by Crippen LogP contribution is 2.29. The van der Waals surface area contributed by atoms with Crippen molar-refractivity contribution in [2.24, 2.45) is 0 Å². The molecule has 5 nitrogen and oxygen atoms in total.